The smallest absolute Gasteiger partial charge is 0.277 e. The van der Waals surface area contributed by atoms with Gasteiger partial charge in [-0.25, -0.2) is 4.39 Å². The van der Waals surface area contributed by atoms with Gasteiger partial charge in [-0.1, -0.05) is 30.3 Å². The van der Waals surface area contributed by atoms with Crippen LogP contribution in [0.5, 0.6) is 0 Å². The molecule has 0 N–H and O–H groups in total. The van der Waals surface area contributed by atoms with E-state index in [0.717, 1.165) is 17.0 Å². The predicted octanol–water partition coefficient (Wildman–Crippen LogP) is 4.32. The minimum absolute atomic E-state index is 0.123. The second-order valence-corrected chi connectivity index (χ2v) is 5.45. The first-order valence-corrected chi connectivity index (χ1v) is 7.13. The van der Waals surface area contributed by atoms with E-state index in [4.69, 9.17) is 0 Å². The van der Waals surface area contributed by atoms with E-state index in [1.807, 2.05) is 30.3 Å². The maximum absolute atomic E-state index is 14.0. The number of benzene rings is 2. The van der Waals surface area contributed by atoms with Crippen molar-refractivity contribution in [2.24, 2.45) is 4.99 Å². The van der Waals surface area contributed by atoms with Crippen LogP contribution in [-0.2, 0) is 5.92 Å². The van der Waals surface area contributed by atoms with Crippen molar-refractivity contribution in [3.05, 3.63) is 77.2 Å². The SMILES string of the molecule is Fc1cccc2c1C(F)(F)CN=C2c1cnc2ccccc2c1. The highest BCUT2D eigenvalue weighted by Crippen LogP contribution is 2.37. The number of hydrogen-bond acceptors (Lipinski definition) is 2. The van der Waals surface area contributed by atoms with Gasteiger partial charge in [-0.2, -0.15) is 8.78 Å². The van der Waals surface area contributed by atoms with Gasteiger partial charge in [0, 0.05) is 22.7 Å². The Morgan fingerprint density at radius 1 is 1.00 bits per heavy atom. The molecule has 0 radical (unpaired) electrons. The minimum Gasteiger partial charge on any atom is -0.277 e. The summed E-state index contributed by atoms with van der Waals surface area (Å²) in [4.78, 5) is 8.33. The van der Waals surface area contributed by atoms with Crippen molar-refractivity contribution in [1.82, 2.24) is 4.98 Å². The molecule has 2 heterocycles. The van der Waals surface area contributed by atoms with Crippen LogP contribution in [0.3, 0.4) is 0 Å². The van der Waals surface area contributed by atoms with E-state index in [2.05, 4.69) is 9.98 Å². The van der Waals surface area contributed by atoms with Crippen molar-refractivity contribution >= 4 is 16.6 Å². The van der Waals surface area contributed by atoms with Crippen LogP contribution in [0.2, 0.25) is 0 Å². The monoisotopic (exact) mass is 312 g/mol. The second-order valence-electron chi connectivity index (χ2n) is 5.45. The van der Waals surface area contributed by atoms with E-state index in [-0.39, 0.29) is 5.56 Å². The van der Waals surface area contributed by atoms with Gasteiger partial charge in [-0.05, 0) is 18.2 Å². The summed E-state index contributed by atoms with van der Waals surface area (Å²) in [5.74, 6) is -4.21. The van der Waals surface area contributed by atoms with Crippen molar-refractivity contribution in [1.29, 1.82) is 0 Å². The van der Waals surface area contributed by atoms with Crippen LogP contribution >= 0.6 is 0 Å². The third kappa shape index (κ3) is 2.20. The summed E-state index contributed by atoms with van der Waals surface area (Å²) in [6.45, 7) is -0.761. The topological polar surface area (TPSA) is 25.2 Å². The number of aliphatic imine (C=N–C) groups is 1. The Labute approximate surface area is 130 Å². The minimum atomic E-state index is -3.30. The number of nitrogens with zero attached hydrogens (tertiary/aromatic N) is 2. The molecule has 3 aromatic rings. The third-order valence-corrected chi connectivity index (χ3v) is 3.93. The highest BCUT2D eigenvalue weighted by atomic mass is 19.3. The Morgan fingerprint density at radius 3 is 2.70 bits per heavy atom. The molecule has 0 unspecified atom stereocenters. The van der Waals surface area contributed by atoms with Crippen molar-refractivity contribution in [3.8, 4) is 0 Å². The lowest BCUT2D eigenvalue weighted by Crippen LogP contribution is -2.29. The Bertz CT molecular complexity index is 948. The lowest BCUT2D eigenvalue weighted by Gasteiger charge is -2.25. The molecule has 0 amide bonds. The molecule has 0 fully saturated rings. The van der Waals surface area contributed by atoms with Crippen LogP contribution in [0.1, 0.15) is 16.7 Å². The molecule has 23 heavy (non-hydrogen) atoms. The number of halogens is 3. The summed E-state index contributed by atoms with van der Waals surface area (Å²) in [5.41, 5.74) is 1.30. The predicted molar refractivity (Wildman–Crippen MR) is 82.5 cm³/mol. The molecule has 0 bridgehead atoms. The zero-order chi connectivity index (χ0) is 16.0. The summed E-state index contributed by atoms with van der Waals surface area (Å²) >= 11 is 0. The average Bonchev–Trinajstić information content (AvgIpc) is 2.54. The first-order chi connectivity index (χ1) is 11.1. The van der Waals surface area contributed by atoms with Gasteiger partial charge in [0.1, 0.15) is 12.4 Å². The standard InChI is InChI=1S/C18H11F3N2/c19-14-6-3-5-13-16(14)18(20,21)10-23-17(13)12-8-11-4-1-2-7-15(11)22-9-12/h1-9H,10H2. The number of pyridine rings is 1. The number of fused-ring (bicyclic) bond motifs is 2. The fourth-order valence-corrected chi connectivity index (χ4v) is 2.88. The highest BCUT2D eigenvalue weighted by molar-refractivity contribution is 6.15. The van der Waals surface area contributed by atoms with Crippen molar-refractivity contribution < 1.29 is 13.2 Å². The van der Waals surface area contributed by atoms with Crippen LogP contribution < -0.4 is 0 Å². The number of para-hydroxylation sites is 1. The Morgan fingerprint density at radius 2 is 1.83 bits per heavy atom. The maximum atomic E-state index is 14.0. The van der Waals surface area contributed by atoms with Gasteiger partial charge < -0.3 is 0 Å². The van der Waals surface area contributed by atoms with E-state index in [1.54, 1.807) is 6.20 Å². The largest absolute Gasteiger partial charge is 0.295 e. The first-order valence-electron chi connectivity index (χ1n) is 7.13. The zero-order valence-corrected chi connectivity index (χ0v) is 11.9. The van der Waals surface area contributed by atoms with Gasteiger partial charge in [0.05, 0.1) is 16.8 Å². The van der Waals surface area contributed by atoms with E-state index < -0.39 is 23.8 Å². The van der Waals surface area contributed by atoms with Gasteiger partial charge in [0.2, 0.25) is 0 Å². The fourth-order valence-electron chi connectivity index (χ4n) is 2.88. The summed E-state index contributed by atoms with van der Waals surface area (Å²) < 4.78 is 42.0. The van der Waals surface area contributed by atoms with Crippen molar-refractivity contribution in [2.75, 3.05) is 6.54 Å². The van der Waals surface area contributed by atoms with Crippen molar-refractivity contribution in [3.63, 3.8) is 0 Å². The molecule has 1 aliphatic rings. The fraction of sp³-hybridized carbons (Fsp3) is 0.111. The molecule has 1 aromatic heterocycles. The van der Waals surface area contributed by atoms with Crippen LogP contribution in [0, 0.1) is 5.82 Å². The summed E-state index contributed by atoms with van der Waals surface area (Å²) in [7, 11) is 0. The van der Waals surface area contributed by atoms with Gasteiger partial charge in [0.25, 0.3) is 5.92 Å². The van der Waals surface area contributed by atoms with E-state index in [9.17, 15) is 13.2 Å². The molecule has 5 heteroatoms. The lowest BCUT2D eigenvalue weighted by atomic mass is 9.91. The molecule has 0 atom stereocenters. The molecule has 2 aromatic carbocycles. The summed E-state index contributed by atoms with van der Waals surface area (Å²) in [5, 5.41) is 0.878. The summed E-state index contributed by atoms with van der Waals surface area (Å²) in [6, 6.07) is 13.3. The lowest BCUT2D eigenvalue weighted by molar-refractivity contribution is 0.00119. The molecular formula is C18H11F3N2. The molecule has 0 saturated carbocycles. The van der Waals surface area contributed by atoms with E-state index in [1.165, 1.54) is 12.1 Å². The Hall–Kier alpha value is -2.69. The average molecular weight is 312 g/mol. The highest BCUT2D eigenvalue weighted by Gasteiger charge is 2.41. The normalized spacial score (nSPS) is 16.0. The number of alkyl halides is 2. The molecular weight excluding hydrogens is 301 g/mol. The Kier molecular flexibility index (Phi) is 2.98. The van der Waals surface area contributed by atoms with Gasteiger partial charge in [-0.15, -0.1) is 0 Å². The number of aromatic nitrogens is 1. The Balaban J connectivity index is 1.92. The molecule has 0 saturated heterocycles. The maximum Gasteiger partial charge on any atom is 0.295 e. The van der Waals surface area contributed by atoms with Gasteiger partial charge in [-0.3, -0.25) is 9.98 Å². The molecule has 2 nitrogen and oxygen atoms in total. The molecule has 0 spiro atoms. The number of rotatable bonds is 1. The van der Waals surface area contributed by atoms with Crippen LogP contribution in [-0.4, -0.2) is 17.2 Å². The number of hydrogen-bond donors (Lipinski definition) is 0. The molecule has 1 aliphatic heterocycles. The first kappa shape index (κ1) is 13.9. The zero-order valence-electron chi connectivity index (χ0n) is 11.9. The third-order valence-electron chi connectivity index (χ3n) is 3.93. The second kappa shape index (κ2) is 4.91. The van der Waals surface area contributed by atoms with Gasteiger partial charge >= 0.3 is 0 Å². The van der Waals surface area contributed by atoms with Crippen molar-refractivity contribution in [2.45, 2.75) is 5.92 Å². The van der Waals surface area contributed by atoms with E-state index >= 15 is 0 Å². The molecule has 0 aliphatic carbocycles. The molecule has 4 rings (SSSR count). The van der Waals surface area contributed by atoms with Gasteiger partial charge in [0.15, 0.2) is 0 Å². The van der Waals surface area contributed by atoms with Crippen LogP contribution in [0.25, 0.3) is 10.9 Å². The summed E-state index contributed by atoms with van der Waals surface area (Å²) in [6.07, 6.45) is 1.58. The van der Waals surface area contributed by atoms with Crippen LogP contribution in [0.15, 0.2) is 59.7 Å². The van der Waals surface area contributed by atoms with Crippen LogP contribution in [0.4, 0.5) is 13.2 Å². The quantitative estimate of drug-likeness (QED) is 0.657. The van der Waals surface area contributed by atoms with E-state index in [0.29, 0.717) is 11.3 Å². The molecule has 114 valence electrons.